The van der Waals surface area contributed by atoms with Gasteiger partial charge in [-0.2, -0.15) is 0 Å². The lowest BCUT2D eigenvalue weighted by molar-refractivity contribution is -0.119. The van der Waals surface area contributed by atoms with Crippen LogP contribution in [0.1, 0.15) is 12.8 Å². The number of para-hydroxylation sites is 2. The quantitative estimate of drug-likeness (QED) is 0.694. The van der Waals surface area contributed by atoms with Crippen molar-refractivity contribution in [2.24, 2.45) is 0 Å². The molecule has 0 bridgehead atoms. The number of ether oxygens (including phenoxy) is 1. The third kappa shape index (κ3) is 2.91. The highest BCUT2D eigenvalue weighted by Crippen LogP contribution is 2.22. The van der Waals surface area contributed by atoms with Crippen LogP contribution in [0.4, 0.5) is 0 Å². The van der Waals surface area contributed by atoms with Crippen LogP contribution in [0.25, 0.3) is 16.8 Å². The number of amides is 1. The van der Waals surface area contributed by atoms with E-state index in [9.17, 15) is 4.79 Å². The Balaban J connectivity index is 1.42. The van der Waals surface area contributed by atoms with Gasteiger partial charge in [-0.05, 0) is 25.0 Å². The van der Waals surface area contributed by atoms with Crippen molar-refractivity contribution in [3.8, 4) is 0 Å². The fourth-order valence-electron chi connectivity index (χ4n) is 2.75. The maximum atomic E-state index is 12.0. The van der Waals surface area contributed by atoms with E-state index in [2.05, 4.69) is 20.5 Å². The van der Waals surface area contributed by atoms with Crippen molar-refractivity contribution < 1.29 is 9.53 Å². The Kier molecular flexibility index (Phi) is 3.92. The highest BCUT2D eigenvalue weighted by Gasteiger charge is 2.17. The SMILES string of the molecule is O=C(CSc1n[nH]c2nc3ccccc3n12)NC[C@H]1CCCO1. The van der Waals surface area contributed by atoms with Crippen molar-refractivity contribution in [3.05, 3.63) is 24.3 Å². The zero-order chi connectivity index (χ0) is 15.6. The van der Waals surface area contributed by atoms with Crippen molar-refractivity contribution in [1.82, 2.24) is 24.9 Å². The topological polar surface area (TPSA) is 84.3 Å². The third-order valence-corrected chi connectivity index (χ3v) is 4.83. The highest BCUT2D eigenvalue weighted by atomic mass is 32.2. The molecule has 0 aliphatic carbocycles. The summed E-state index contributed by atoms with van der Waals surface area (Å²) in [5, 5.41) is 10.8. The molecule has 1 saturated heterocycles. The first-order chi connectivity index (χ1) is 11.3. The number of carbonyl (C=O) groups excluding carboxylic acids is 1. The molecule has 120 valence electrons. The normalized spacial score (nSPS) is 18.0. The summed E-state index contributed by atoms with van der Waals surface area (Å²) >= 11 is 1.39. The summed E-state index contributed by atoms with van der Waals surface area (Å²) < 4.78 is 7.44. The monoisotopic (exact) mass is 331 g/mol. The molecule has 1 aliphatic heterocycles. The van der Waals surface area contributed by atoms with E-state index in [1.807, 2.05) is 28.7 Å². The minimum absolute atomic E-state index is 0.00827. The van der Waals surface area contributed by atoms with E-state index in [0.717, 1.165) is 35.6 Å². The zero-order valence-corrected chi connectivity index (χ0v) is 13.3. The molecule has 3 aromatic rings. The second-order valence-electron chi connectivity index (χ2n) is 5.49. The molecule has 1 fully saturated rings. The molecule has 23 heavy (non-hydrogen) atoms. The van der Waals surface area contributed by atoms with Crippen LogP contribution in [0.2, 0.25) is 0 Å². The van der Waals surface area contributed by atoms with E-state index in [1.54, 1.807) is 0 Å². The number of carbonyl (C=O) groups is 1. The molecule has 0 radical (unpaired) electrons. The van der Waals surface area contributed by atoms with Gasteiger partial charge in [0.05, 0.1) is 22.9 Å². The number of fused-ring (bicyclic) bond motifs is 3. The molecule has 3 heterocycles. The van der Waals surface area contributed by atoms with Gasteiger partial charge in [-0.15, -0.1) is 5.10 Å². The van der Waals surface area contributed by atoms with Crippen LogP contribution in [0, 0.1) is 0 Å². The molecule has 2 aromatic heterocycles. The zero-order valence-electron chi connectivity index (χ0n) is 12.5. The standard InChI is InChI=1S/C15H17N5O2S/c21-13(16-8-10-4-3-7-22-10)9-23-15-19-18-14-17-11-5-1-2-6-12(11)20(14)15/h1-2,5-6,10H,3-4,7-9H2,(H,16,21)(H,17,18)/t10-/m1/s1. The third-order valence-electron chi connectivity index (χ3n) is 3.89. The molecule has 0 saturated carbocycles. The van der Waals surface area contributed by atoms with Crippen LogP contribution in [0.3, 0.4) is 0 Å². The number of rotatable bonds is 5. The summed E-state index contributed by atoms with van der Waals surface area (Å²) in [5.41, 5.74) is 1.89. The summed E-state index contributed by atoms with van der Waals surface area (Å²) in [4.78, 5) is 16.4. The number of hydrogen-bond acceptors (Lipinski definition) is 5. The van der Waals surface area contributed by atoms with E-state index >= 15 is 0 Å². The summed E-state index contributed by atoms with van der Waals surface area (Å²) in [6.07, 6.45) is 2.27. The van der Waals surface area contributed by atoms with E-state index in [1.165, 1.54) is 11.8 Å². The molecule has 0 spiro atoms. The molecular formula is C15H17N5O2S. The Morgan fingerprint density at radius 2 is 2.39 bits per heavy atom. The molecule has 2 N–H and O–H groups in total. The summed E-state index contributed by atoms with van der Waals surface area (Å²) in [6.45, 7) is 1.39. The van der Waals surface area contributed by atoms with Crippen LogP contribution < -0.4 is 5.32 Å². The van der Waals surface area contributed by atoms with Crippen molar-refractivity contribution in [2.45, 2.75) is 24.1 Å². The van der Waals surface area contributed by atoms with Crippen LogP contribution in [-0.4, -0.2) is 50.5 Å². The highest BCUT2D eigenvalue weighted by molar-refractivity contribution is 7.99. The van der Waals surface area contributed by atoms with Gasteiger partial charge in [0.15, 0.2) is 5.16 Å². The van der Waals surface area contributed by atoms with Crippen LogP contribution in [0.5, 0.6) is 0 Å². The van der Waals surface area contributed by atoms with Gasteiger partial charge in [-0.25, -0.2) is 10.1 Å². The Morgan fingerprint density at radius 1 is 1.48 bits per heavy atom. The molecule has 8 heteroatoms. The Labute approximate surface area is 136 Å². The van der Waals surface area contributed by atoms with Gasteiger partial charge >= 0.3 is 0 Å². The number of benzene rings is 1. The Morgan fingerprint density at radius 3 is 3.26 bits per heavy atom. The first-order valence-corrected chi connectivity index (χ1v) is 8.62. The first-order valence-electron chi connectivity index (χ1n) is 7.64. The van der Waals surface area contributed by atoms with Crippen molar-refractivity contribution in [3.63, 3.8) is 0 Å². The van der Waals surface area contributed by atoms with Crippen LogP contribution in [0.15, 0.2) is 29.4 Å². The lowest BCUT2D eigenvalue weighted by atomic mass is 10.2. The molecule has 1 atom stereocenters. The summed E-state index contributed by atoms with van der Waals surface area (Å²) in [7, 11) is 0. The Bertz CT molecular complexity index is 837. The predicted molar refractivity (Wildman–Crippen MR) is 87.6 cm³/mol. The number of aromatic amines is 1. The van der Waals surface area contributed by atoms with Gasteiger partial charge in [0, 0.05) is 13.2 Å². The lowest BCUT2D eigenvalue weighted by Crippen LogP contribution is -2.32. The molecule has 4 rings (SSSR count). The van der Waals surface area contributed by atoms with Crippen molar-refractivity contribution >= 4 is 34.5 Å². The van der Waals surface area contributed by atoms with Crippen molar-refractivity contribution in [2.75, 3.05) is 18.9 Å². The summed E-state index contributed by atoms with van der Waals surface area (Å²) in [5.74, 6) is 0.999. The molecule has 1 aromatic carbocycles. The number of nitrogens with zero attached hydrogens (tertiary/aromatic N) is 3. The van der Waals surface area contributed by atoms with Gasteiger partial charge in [0.1, 0.15) is 0 Å². The molecule has 7 nitrogen and oxygen atoms in total. The summed E-state index contributed by atoms with van der Waals surface area (Å²) in [6, 6.07) is 7.87. The number of thioether (sulfide) groups is 1. The molecular weight excluding hydrogens is 314 g/mol. The smallest absolute Gasteiger partial charge is 0.231 e. The second-order valence-corrected chi connectivity index (χ2v) is 6.44. The van der Waals surface area contributed by atoms with Crippen LogP contribution >= 0.6 is 11.8 Å². The predicted octanol–water partition coefficient (Wildman–Crippen LogP) is 1.60. The Hall–Kier alpha value is -2.06. The van der Waals surface area contributed by atoms with Gasteiger partial charge in [0.2, 0.25) is 11.7 Å². The van der Waals surface area contributed by atoms with Crippen LogP contribution in [-0.2, 0) is 9.53 Å². The lowest BCUT2D eigenvalue weighted by Gasteiger charge is -2.10. The number of imidazole rings is 1. The average Bonchev–Trinajstić information content (AvgIpc) is 3.27. The van der Waals surface area contributed by atoms with E-state index in [0.29, 0.717) is 18.1 Å². The van der Waals surface area contributed by atoms with Gasteiger partial charge in [-0.1, -0.05) is 23.9 Å². The molecule has 0 unspecified atom stereocenters. The average molecular weight is 331 g/mol. The fraction of sp³-hybridized carbons (Fsp3) is 0.400. The number of hydrogen-bond donors (Lipinski definition) is 2. The van der Waals surface area contributed by atoms with Gasteiger partial charge in [-0.3, -0.25) is 9.20 Å². The van der Waals surface area contributed by atoms with E-state index in [4.69, 9.17) is 4.74 Å². The number of nitrogens with one attached hydrogen (secondary N) is 2. The minimum Gasteiger partial charge on any atom is -0.376 e. The first kappa shape index (κ1) is 14.5. The van der Waals surface area contributed by atoms with Gasteiger partial charge in [0.25, 0.3) is 0 Å². The maximum absolute atomic E-state index is 12.0. The second kappa shape index (κ2) is 6.21. The van der Waals surface area contributed by atoms with E-state index in [-0.39, 0.29) is 12.0 Å². The van der Waals surface area contributed by atoms with Crippen molar-refractivity contribution in [1.29, 1.82) is 0 Å². The number of H-pyrrole nitrogens is 1. The van der Waals surface area contributed by atoms with E-state index < -0.39 is 0 Å². The van der Waals surface area contributed by atoms with Gasteiger partial charge < -0.3 is 10.1 Å². The number of aromatic nitrogens is 4. The minimum atomic E-state index is -0.00827. The molecule has 1 aliphatic rings. The largest absolute Gasteiger partial charge is 0.376 e. The fourth-order valence-corrected chi connectivity index (χ4v) is 3.54. The maximum Gasteiger partial charge on any atom is 0.231 e. The molecule has 1 amide bonds.